The van der Waals surface area contributed by atoms with Gasteiger partial charge in [-0.05, 0) is 92.0 Å². The van der Waals surface area contributed by atoms with Gasteiger partial charge in [0.2, 0.25) is 0 Å². The lowest BCUT2D eigenvalue weighted by Gasteiger charge is -2.64. The van der Waals surface area contributed by atoms with Crippen molar-refractivity contribution in [3.63, 3.8) is 0 Å². The Morgan fingerprint density at radius 3 is 2.64 bits per heavy atom. The van der Waals surface area contributed by atoms with Gasteiger partial charge in [0.1, 0.15) is 0 Å². The van der Waals surface area contributed by atoms with Crippen molar-refractivity contribution in [1.82, 2.24) is 5.48 Å². The van der Waals surface area contributed by atoms with Gasteiger partial charge < -0.3 is 10.9 Å². The normalized spacial score (nSPS) is 52.8. The van der Waals surface area contributed by atoms with Crippen LogP contribution in [0.4, 0.5) is 0 Å². The van der Waals surface area contributed by atoms with Crippen LogP contribution in [-0.2, 0) is 0 Å². The SMILES string of the molecule is CC12CCC3C(N)(CCP4CCCCCC34C)C1CCC2CCNO. The summed E-state index contributed by atoms with van der Waals surface area (Å²) in [6, 6.07) is 0. The van der Waals surface area contributed by atoms with Crippen LogP contribution in [0.3, 0.4) is 0 Å². The maximum Gasteiger partial charge on any atom is 0.0228 e. The fourth-order valence-electron chi connectivity index (χ4n) is 7.96. The zero-order valence-electron chi connectivity index (χ0n) is 16.4. The van der Waals surface area contributed by atoms with Gasteiger partial charge in [-0.1, -0.05) is 26.7 Å². The molecule has 2 saturated carbocycles. The lowest BCUT2D eigenvalue weighted by atomic mass is 9.51. The van der Waals surface area contributed by atoms with Crippen molar-refractivity contribution in [1.29, 1.82) is 0 Å². The Bertz CT molecular complexity index is 502. The van der Waals surface area contributed by atoms with Gasteiger partial charge in [0.05, 0.1) is 0 Å². The standard InChI is InChI=1S/C21H39N2OP/c1-19-11-8-18-20(2)10-4-3-5-14-25(20)15-12-21(18,22)17(19)7-6-16(19)9-13-23-24/h16-18,23-24H,3-15,22H2,1-2H3. The highest BCUT2D eigenvalue weighted by Gasteiger charge is 2.64. The molecule has 7 unspecified atom stereocenters. The summed E-state index contributed by atoms with van der Waals surface area (Å²) >= 11 is 0. The molecule has 7 atom stereocenters. The summed E-state index contributed by atoms with van der Waals surface area (Å²) in [7, 11) is 0.192. The van der Waals surface area contributed by atoms with E-state index in [2.05, 4.69) is 19.3 Å². The quantitative estimate of drug-likeness (QED) is 0.501. The van der Waals surface area contributed by atoms with E-state index in [0.717, 1.165) is 24.8 Å². The molecule has 4 fully saturated rings. The van der Waals surface area contributed by atoms with Crippen molar-refractivity contribution in [2.45, 2.75) is 88.8 Å². The van der Waals surface area contributed by atoms with Crippen LogP contribution in [0.1, 0.15) is 78.1 Å². The maximum atomic E-state index is 9.06. The first-order chi connectivity index (χ1) is 11.9. The molecule has 144 valence electrons. The predicted molar refractivity (Wildman–Crippen MR) is 107 cm³/mol. The van der Waals surface area contributed by atoms with Crippen molar-refractivity contribution < 1.29 is 5.21 Å². The van der Waals surface area contributed by atoms with Crippen LogP contribution in [0.15, 0.2) is 0 Å². The van der Waals surface area contributed by atoms with E-state index >= 15 is 0 Å². The molecule has 2 heterocycles. The van der Waals surface area contributed by atoms with Gasteiger partial charge in [-0.3, -0.25) is 0 Å². The highest BCUT2D eigenvalue weighted by atomic mass is 31.1. The van der Waals surface area contributed by atoms with Crippen molar-refractivity contribution in [2.75, 3.05) is 18.9 Å². The number of rotatable bonds is 3. The van der Waals surface area contributed by atoms with Crippen molar-refractivity contribution in [3.8, 4) is 0 Å². The second-order valence-corrected chi connectivity index (χ2v) is 13.1. The van der Waals surface area contributed by atoms with E-state index < -0.39 is 0 Å². The van der Waals surface area contributed by atoms with Gasteiger partial charge in [0, 0.05) is 12.1 Å². The van der Waals surface area contributed by atoms with Crippen molar-refractivity contribution in [3.05, 3.63) is 0 Å². The first-order valence-corrected chi connectivity index (χ1v) is 12.6. The van der Waals surface area contributed by atoms with Gasteiger partial charge in [-0.15, -0.1) is 7.92 Å². The Morgan fingerprint density at radius 2 is 1.84 bits per heavy atom. The van der Waals surface area contributed by atoms with Crippen LogP contribution in [-0.4, -0.2) is 34.8 Å². The molecule has 0 bridgehead atoms. The van der Waals surface area contributed by atoms with Crippen molar-refractivity contribution >= 4 is 7.92 Å². The number of nitrogens with one attached hydrogen (secondary N) is 1. The Morgan fingerprint density at radius 1 is 1.00 bits per heavy atom. The lowest BCUT2D eigenvalue weighted by Crippen LogP contribution is -2.67. The van der Waals surface area contributed by atoms with E-state index in [1.165, 1.54) is 70.1 Å². The number of hydroxylamine groups is 1. The van der Waals surface area contributed by atoms with Gasteiger partial charge >= 0.3 is 0 Å². The largest absolute Gasteiger partial charge is 0.325 e. The summed E-state index contributed by atoms with van der Waals surface area (Å²) < 4.78 is 0. The molecule has 2 aliphatic carbocycles. The number of fused-ring (bicyclic) bond motifs is 5. The number of nitrogens with two attached hydrogens (primary N) is 1. The summed E-state index contributed by atoms with van der Waals surface area (Å²) in [6.07, 6.45) is 16.6. The molecule has 0 radical (unpaired) electrons. The lowest BCUT2D eigenvalue weighted by molar-refractivity contribution is -0.0315. The van der Waals surface area contributed by atoms with Crippen LogP contribution in [0.2, 0.25) is 0 Å². The molecule has 4 aliphatic rings. The van der Waals surface area contributed by atoms with Gasteiger partial charge in [-0.25, -0.2) is 5.48 Å². The average molecular weight is 367 g/mol. The van der Waals surface area contributed by atoms with Crippen LogP contribution in [0.5, 0.6) is 0 Å². The minimum absolute atomic E-state index is 0.0896. The molecule has 4 heteroatoms. The zero-order valence-corrected chi connectivity index (χ0v) is 17.3. The van der Waals surface area contributed by atoms with Crippen LogP contribution in [0.25, 0.3) is 0 Å². The smallest absolute Gasteiger partial charge is 0.0228 e. The van der Waals surface area contributed by atoms with Crippen LogP contribution < -0.4 is 11.2 Å². The molecular formula is C21H39N2OP. The Kier molecular flexibility index (Phi) is 5.02. The first-order valence-electron chi connectivity index (χ1n) is 10.9. The van der Waals surface area contributed by atoms with E-state index in [-0.39, 0.29) is 13.5 Å². The zero-order chi connectivity index (χ0) is 17.7. The third-order valence-electron chi connectivity index (χ3n) is 9.31. The molecule has 3 nitrogen and oxygen atoms in total. The Hall–Kier alpha value is 0.310. The second kappa shape index (κ2) is 6.73. The van der Waals surface area contributed by atoms with Crippen LogP contribution in [0, 0.1) is 23.2 Å². The molecule has 0 spiro atoms. The van der Waals surface area contributed by atoms with Gasteiger partial charge in [-0.2, -0.15) is 0 Å². The number of hydrogen-bond acceptors (Lipinski definition) is 3. The summed E-state index contributed by atoms with van der Waals surface area (Å²) in [5.74, 6) is 2.22. The monoisotopic (exact) mass is 366 g/mol. The Balaban J connectivity index is 1.62. The van der Waals surface area contributed by atoms with Crippen LogP contribution >= 0.6 is 7.92 Å². The Labute approximate surface area is 155 Å². The van der Waals surface area contributed by atoms with E-state index in [4.69, 9.17) is 10.9 Å². The summed E-state index contributed by atoms with van der Waals surface area (Å²) in [5.41, 5.74) is 10.3. The fraction of sp³-hybridized carbons (Fsp3) is 1.00. The number of hydrogen-bond donors (Lipinski definition) is 3. The van der Waals surface area contributed by atoms with E-state index in [1.54, 1.807) is 0 Å². The molecule has 25 heavy (non-hydrogen) atoms. The van der Waals surface area contributed by atoms with E-state index in [0.29, 0.717) is 16.5 Å². The van der Waals surface area contributed by atoms with Gasteiger partial charge in [0.15, 0.2) is 0 Å². The minimum atomic E-state index is 0.0896. The first kappa shape index (κ1) is 18.7. The fourth-order valence-corrected chi connectivity index (χ4v) is 11.7. The van der Waals surface area contributed by atoms with Gasteiger partial charge in [0.25, 0.3) is 0 Å². The summed E-state index contributed by atoms with van der Waals surface area (Å²) in [5, 5.41) is 9.62. The molecule has 0 aromatic rings. The third kappa shape index (κ3) is 2.75. The van der Waals surface area contributed by atoms with E-state index in [9.17, 15) is 0 Å². The molecule has 0 amide bonds. The van der Waals surface area contributed by atoms with Crippen molar-refractivity contribution in [2.24, 2.45) is 28.9 Å². The molecule has 2 saturated heterocycles. The molecule has 2 aliphatic heterocycles. The summed E-state index contributed by atoms with van der Waals surface area (Å²) in [4.78, 5) is 0. The molecule has 4 rings (SSSR count). The topological polar surface area (TPSA) is 58.3 Å². The average Bonchev–Trinajstić information content (AvgIpc) is 2.79. The molecule has 0 aromatic carbocycles. The highest BCUT2D eigenvalue weighted by molar-refractivity contribution is 7.59. The highest BCUT2D eigenvalue weighted by Crippen LogP contribution is 2.71. The second-order valence-electron chi connectivity index (χ2n) is 10.1. The third-order valence-corrected chi connectivity index (χ3v) is 12.9. The molecule has 4 N–H and O–H groups in total. The molecule has 0 aromatic heterocycles. The predicted octanol–water partition coefficient (Wildman–Crippen LogP) is 4.71. The maximum absolute atomic E-state index is 9.06. The minimum Gasteiger partial charge on any atom is -0.325 e. The summed E-state index contributed by atoms with van der Waals surface area (Å²) in [6.45, 7) is 5.93. The van der Waals surface area contributed by atoms with E-state index in [1.807, 2.05) is 0 Å². The molecular weight excluding hydrogens is 327 g/mol.